The smallest absolute Gasteiger partial charge is 0.232 e. The van der Waals surface area contributed by atoms with Gasteiger partial charge in [0.25, 0.3) is 0 Å². The van der Waals surface area contributed by atoms with E-state index < -0.39 is 0 Å². The Labute approximate surface area is 102 Å². The van der Waals surface area contributed by atoms with Gasteiger partial charge in [0.15, 0.2) is 0 Å². The van der Waals surface area contributed by atoms with Crippen molar-refractivity contribution in [2.24, 2.45) is 5.92 Å². The lowest BCUT2D eigenvalue weighted by atomic mass is 9.90. The van der Waals surface area contributed by atoms with Gasteiger partial charge >= 0.3 is 0 Å². The minimum absolute atomic E-state index is 0.156. The molecule has 0 aromatic carbocycles. The Balaban J connectivity index is 1.79. The van der Waals surface area contributed by atoms with E-state index in [1.54, 1.807) is 6.20 Å². The molecule has 0 spiro atoms. The number of hydrogen-bond donors (Lipinski definition) is 0. The van der Waals surface area contributed by atoms with Gasteiger partial charge in [0.05, 0.1) is 18.0 Å². The summed E-state index contributed by atoms with van der Waals surface area (Å²) in [6, 6.07) is 0. The predicted octanol–water partition coefficient (Wildman–Crippen LogP) is 1.68. The van der Waals surface area contributed by atoms with Gasteiger partial charge < -0.3 is 9.64 Å². The molecule has 92 valence electrons. The van der Waals surface area contributed by atoms with Crippen LogP contribution in [0.5, 0.6) is 5.88 Å². The van der Waals surface area contributed by atoms with Gasteiger partial charge in [-0.2, -0.15) is 0 Å². The normalized spacial score (nSPS) is 31.1. The predicted molar refractivity (Wildman–Crippen MR) is 65.1 cm³/mol. The summed E-state index contributed by atoms with van der Waals surface area (Å²) < 4.78 is 5.61. The lowest BCUT2D eigenvalue weighted by Gasteiger charge is -2.21. The molecule has 17 heavy (non-hydrogen) atoms. The van der Waals surface area contributed by atoms with Crippen LogP contribution in [0.1, 0.15) is 31.9 Å². The number of fused-ring (bicyclic) bond motifs is 2. The lowest BCUT2D eigenvalue weighted by molar-refractivity contribution is 0.229. The molecule has 0 saturated carbocycles. The molecular weight excluding hydrogens is 214 g/mol. The molecule has 3 heterocycles. The third kappa shape index (κ3) is 2.14. The number of hydrogen-bond acceptors (Lipinski definition) is 4. The second kappa shape index (κ2) is 4.26. The molecule has 2 fully saturated rings. The zero-order valence-corrected chi connectivity index (χ0v) is 10.5. The van der Waals surface area contributed by atoms with E-state index in [0.29, 0.717) is 11.8 Å². The maximum Gasteiger partial charge on any atom is 0.232 e. The van der Waals surface area contributed by atoms with Crippen molar-refractivity contribution in [3.63, 3.8) is 0 Å². The van der Waals surface area contributed by atoms with E-state index in [1.165, 1.54) is 19.5 Å². The zero-order chi connectivity index (χ0) is 11.8. The largest absolute Gasteiger partial charge is 0.474 e. The minimum atomic E-state index is 0.156. The van der Waals surface area contributed by atoms with E-state index in [-0.39, 0.29) is 6.10 Å². The van der Waals surface area contributed by atoms with Crippen LogP contribution in [0.2, 0.25) is 0 Å². The average Bonchev–Trinajstić information content (AvgIpc) is 2.90. The fourth-order valence-electron chi connectivity index (χ4n) is 2.96. The summed E-state index contributed by atoms with van der Waals surface area (Å²) >= 11 is 0. The molecule has 2 aliphatic heterocycles. The maximum atomic E-state index is 5.61. The minimum Gasteiger partial charge on any atom is -0.474 e. The van der Waals surface area contributed by atoms with Crippen LogP contribution in [0.4, 0.5) is 0 Å². The molecule has 4 nitrogen and oxygen atoms in total. The molecule has 0 aliphatic carbocycles. The molecule has 4 heteroatoms. The van der Waals surface area contributed by atoms with Crippen molar-refractivity contribution >= 4 is 0 Å². The molecule has 2 aliphatic rings. The maximum absolute atomic E-state index is 5.61. The van der Waals surface area contributed by atoms with Crippen molar-refractivity contribution in [1.29, 1.82) is 0 Å². The Morgan fingerprint density at radius 1 is 1.35 bits per heavy atom. The summed E-state index contributed by atoms with van der Waals surface area (Å²) in [5.74, 6) is 2.00. The van der Waals surface area contributed by atoms with E-state index in [0.717, 1.165) is 18.2 Å². The van der Waals surface area contributed by atoms with Crippen LogP contribution in [-0.2, 0) is 0 Å². The van der Waals surface area contributed by atoms with Gasteiger partial charge in [-0.25, -0.2) is 4.98 Å². The molecule has 0 amide bonds. The molecule has 1 aromatic heterocycles. The fraction of sp³-hybridized carbons (Fsp3) is 0.692. The van der Waals surface area contributed by atoms with Crippen molar-refractivity contribution in [2.45, 2.75) is 32.3 Å². The summed E-state index contributed by atoms with van der Waals surface area (Å²) in [6.07, 6.45) is 5.07. The molecule has 0 radical (unpaired) electrons. The number of rotatable bonds is 3. The number of nitrogens with zero attached hydrogens (tertiary/aromatic N) is 3. The first-order valence-corrected chi connectivity index (χ1v) is 6.43. The van der Waals surface area contributed by atoms with Crippen molar-refractivity contribution in [3.8, 4) is 5.88 Å². The highest BCUT2D eigenvalue weighted by atomic mass is 16.5. The van der Waals surface area contributed by atoms with Crippen molar-refractivity contribution < 1.29 is 4.74 Å². The van der Waals surface area contributed by atoms with Crippen LogP contribution in [0.3, 0.4) is 0 Å². The van der Waals surface area contributed by atoms with Crippen LogP contribution in [0.25, 0.3) is 0 Å². The standard InChI is InChI=1S/C13H19N3O/c1-9(2)17-13-6-14-5-12(15-13)11-8-16-4-3-10(11)7-16/h5-6,9-11H,3-4,7-8H2,1-2H3/t10-,11+/m1/s1. The zero-order valence-electron chi connectivity index (χ0n) is 10.5. The van der Waals surface area contributed by atoms with Crippen LogP contribution < -0.4 is 4.74 Å². The van der Waals surface area contributed by atoms with Crippen LogP contribution >= 0.6 is 0 Å². The van der Waals surface area contributed by atoms with Gasteiger partial charge in [-0.1, -0.05) is 0 Å². The molecule has 1 aromatic rings. The Morgan fingerprint density at radius 2 is 2.24 bits per heavy atom. The fourth-order valence-corrected chi connectivity index (χ4v) is 2.96. The molecular formula is C13H19N3O. The highest BCUT2D eigenvalue weighted by Crippen LogP contribution is 2.38. The molecule has 2 bridgehead atoms. The lowest BCUT2D eigenvalue weighted by Crippen LogP contribution is -2.23. The molecule has 3 atom stereocenters. The van der Waals surface area contributed by atoms with Gasteiger partial charge in [-0.05, 0) is 32.7 Å². The van der Waals surface area contributed by atoms with E-state index in [9.17, 15) is 0 Å². The van der Waals surface area contributed by atoms with Crippen LogP contribution in [0.15, 0.2) is 12.4 Å². The quantitative estimate of drug-likeness (QED) is 0.796. The summed E-state index contributed by atoms with van der Waals surface area (Å²) in [5.41, 5.74) is 1.11. The van der Waals surface area contributed by atoms with E-state index >= 15 is 0 Å². The van der Waals surface area contributed by atoms with Gasteiger partial charge in [0.2, 0.25) is 5.88 Å². The summed E-state index contributed by atoms with van der Waals surface area (Å²) in [4.78, 5) is 11.4. The molecule has 0 N–H and O–H groups in total. The first kappa shape index (κ1) is 11.0. The molecule has 3 rings (SSSR count). The number of aromatic nitrogens is 2. The van der Waals surface area contributed by atoms with Gasteiger partial charge in [0.1, 0.15) is 0 Å². The second-order valence-corrected chi connectivity index (χ2v) is 5.36. The topological polar surface area (TPSA) is 38.2 Å². The van der Waals surface area contributed by atoms with E-state index in [2.05, 4.69) is 14.9 Å². The highest BCUT2D eigenvalue weighted by molar-refractivity contribution is 5.17. The second-order valence-electron chi connectivity index (χ2n) is 5.36. The summed E-state index contributed by atoms with van der Waals surface area (Å²) in [6.45, 7) is 7.66. The average molecular weight is 233 g/mol. The third-order valence-electron chi connectivity index (χ3n) is 3.70. The molecule has 2 saturated heterocycles. The number of piperidine rings is 1. The van der Waals surface area contributed by atoms with Gasteiger partial charge in [-0.3, -0.25) is 4.98 Å². The van der Waals surface area contributed by atoms with E-state index in [1.807, 2.05) is 20.0 Å². The Bertz CT molecular complexity index is 407. The number of ether oxygens (including phenoxy) is 1. The van der Waals surface area contributed by atoms with Crippen LogP contribution in [0, 0.1) is 5.92 Å². The Kier molecular flexibility index (Phi) is 2.74. The third-order valence-corrected chi connectivity index (χ3v) is 3.70. The van der Waals surface area contributed by atoms with E-state index in [4.69, 9.17) is 4.74 Å². The Hall–Kier alpha value is -1.16. The summed E-state index contributed by atoms with van der Waals surface area (Å²) in [5, 5.41) is 0. The summed E-state index contributed by atoms with van der Waals surface area (Å²) in [7, 11) is 0. The van der Waals surface area contributed by atoms with Crippen LogP contribution in [-0.4, -0.2) is 40.6 Å². The first-order valence-electron chi connectivity index (χ1n) is 6.43. The monoisotopic (exact) mass is 233 g/mol. The highest BCUT2D eigenvalue weighted by Gasteiger charge is 2.39. The first-order chi connectivity index (χ1) is 8.22. The molecule has 1 unspecified atom stereocenters. The van der Waals surface area contributed by atoms with Crippen molar-refractivity contribution in [2.75, 3.05) is 19.6 Å². The van der Waals surface area contributed by atoms with Gasteiger partial charge in [0, 0.05) is 25.2 Å². The van der Waals surface area contributed by atoms with Crippen molar-refractivity contribution in [3.05, 3.63) is 18.1 Å². The Morgan fingerprint density at radius 3 is 2.88 bits per heavy atom. The van der Waals surface area contributed by atoms with Gasteiger partial charge in [-0.15, -0.1) is 0 Å². The SMILES string of the molecule is CC(C)Oc1cncc([C@H]2CN3CC[C@@H]2C3)n1. The van der Waals surface area contributed by atoms with Crippen molar-refractivity contribution in [1.82, 2.24) is 14.9 Å².